The lowest BCUT2D eigenvalue weighted by Gasteiger charge is -2.33. The van der Waals surface area contributed by atoms with Crippen molar-refractivity contribution in [3.63, 3.8) is 0 Å². The molecule has 1 rings (SSSR count). The van der Waals surface area contributed by atoms with Crippen molar-refractivity contribution in [2.24, 2.45) is 11.8 Å². The average molecular weight is 213 g/mol. The van der Waals surface area contributed by atoms with E-state index in [1.165, 1.54) is 25.7 Å². The highest BCUT2D eigenvalue weighted by Crippen LogP contribution is 2.30. The van der Waals surface area contributed by atoms with Crippen LogP contribution in [0.2, 0.25) is 0 Å². The van der Waals surface area contributed by atoms with Gasteiger partial charge in [-0.1, -0.05) is 26.7 Å². The van der Waals surface area contributed by atoms with Crippen LogP contribution in [0.15, 0.2) is 0 Å². The molecule has 3 atom stereocenters. The molecule has 0 aromatic carbocycles. The molecule has 15 heavy (non-hydrogen) atoms. The molecule has 0 aromatic heterocycles. The Kier molecular flexibility index (Phi) is 6.26. The highest BCUT2D eigenvalue weighted by atomic mass is 16.5. The van der Waals surface area contributed by atoms with Gasteiger partial charge in [0.2, 0.25) is 0 Å². The average Bonchev–Trinajstić information content (AvgIpc) is 2.24. The second-order valence-corrected chi connectivity index (χ2v) is 5.00. The molecule has 0 amide bonds. The van der Waals surface area contributed by atoms with Crippen molar-refractivity contribution in [2.75, 3.05) is 20.3 Å². The van der Waals surface area contributed by atoms with Gasteiger partial charge in [0.25, 0.3) is 0 Å². The summed E-state index contributed by atoms with van der Waals surface area (Å²) >= 11 is 0. The van der Waals surface area contributed by atoms with Gasteiger partial charge >= 0.3 is 0 Å². The highest BCUT2D eigenvalue weighted by Gasteiger charge is 2.25. The number of ether oxygens (including phenoxy) is 1. The van der Waals surface area contributed by atoms with Crippen LogP contribution >= 0.6 is 0 Å². The SMILES string of the molecule is CCCOCC(NC)C1CCCC(C)C1. The molecule has 0 radical (unpaired) electrons. The van der Waals surface area contributed by atoms with Crippen molar-refractivity contribution in [3.05, 3.63) is 0 Å². The van der Waals surface area contributed by atoms with E-state index in [9.17, 15) is 0 Å². The van der Waals surface area contributed by atoms with Gasteiger partial charge in [0, 0.05) is 12.6 Å². The van der Waals surface area contributed by atoms with Crippen LogP contribution in [0.4, 0.5) is 0 Å². The van der Waals surface area contributed by atoms with Gasteiger partial charge in [0.15, 0.2) is 0 Å². The Labute approximate surface area is 94.8 Å². The van der Waals surface area contributed by atoms with Crippen molar-refractivity contribution in [1.29, 1.82) is 0 Å². The number of hydrogen-bond donors (Lipinski definition) is 1. The first kappa shape index (κ1) is 13.0. The van der Waals surface area contributed by atoms with E-state index in [1.807, 2.05) is 0 Å². The summed E-state index contributed by atoms with van der Waals surface area (Å²) in [6.45, 7) is 6.34. The van der Waals surface area contributed by atoms with Crippen molar-refractivity contribution in [3.8, 4) is 0 Å². The van der Waals surface area contributed by atoms with Crippen LogP contribution < -0.4 is 5.32 Å². The van der Waals surface area contributed by atoms with Crippen LogP contribution in [-0.2, 0) is 4.74 Å². The van der Waals surface area contributed by atoms with E-state index in [2.05, 4.69) is 26.2 Å². The van der Waals surface area contributed by atoms with Crippen molar-refractivity contribution in [2.45, 2.75) is 52.0 Å². The third kappa shape index (κ3) is 4.52. The van der Waals surface area contributed by atoms with Crippen LogP contribution in [0.25, 0.3) is 0 Å². The first-order valence-electron chi connectivity index (χ1n) is 6.53. The molecule has 1 N–H and O–H groups in total. The second kappa shape index (κ2) is 7.24. The van der Waals surface area contributed by atoms with Gasteiger partial charge in [-0.15, -0.1) is 0 Å². The molecule has 0 spiro atoms. The zero-order valence-corrected chi connectivity index (χ0v) is 10.6. The lowest BCUT2D eigenvalue weighted by Crippen LogP contribution is -2.39. The minimum absolute atomic E-state index is 0.569. The van der Waals surface area contributed by atoms with Crippen LogP contribution in [0.3, 0.4) is 0 Å². The first-order valence-corrected chi connectivity index (χ1v) is 6.53. The summed E-state index contributed by atoms with van der Waals surface area (Å²) < 4.78 is 5.66. The van der Waals surface area contributed by atoms with E-state index in [0.29, 0.717) is 6.04 Å². The largest absolute Gasteiger partial charge is 0.380 e. The minimum Gasteiger partial charge on any atom is -0.380 e. The molecule has 0 bridgehead atoms. The van der Waals surface area contributed by atoms with Gasteiger partial charge in [-0.2, -0.15) is 0 Å². The molecule has 90 valence electrons. The third-order valence-corrected chi connectivity index (χ3v) is 3.56. The molecule has 2 heteroatoms. The van der Waals surface area contributed by atoms with E-state index in [4.69, 9.17) is 4.74 Å². The van der Waals surface area contributed by atoms with Gasteiger partial charge < -0.3 is 10.1 Å². The van der Waals surface area contributed by atoms with Gasteiger partial charge in [-0.25, -0.2) is 0 Å². The lowest BCUT2D eigenvalue weighted by molar-refractivity contribution is 0.0819. The molecule has 0 saturated heterocycles. The minimum atomic E-state index is 0.569. The Bertz CT molecular complexity index is 161. The highest BCUT2D eigenvalue weighted by molar-refractivity contribution is 4.80. The summed E-state index contributed by atoms with van der Waals surface area (Å²) in [4.78, 5) is 0. The van der Waals surface area contributed by atoms with Crippen LogP contribution in [0.1, 0.15) is 46.0 Å². The predicted octanol–water partition coefficient (Wildman–Crippen LogP) is 2.83. The van der Waals surface area contributed by atoms with Crippen molar-refractivity contribution in [1.82, 2.24) is 5.32 Å². The molecule has 1 fully saturated rings. The van der Waals surface area contributed by atoms with E-state index < -0.39 is 0 Å². The van der Waals surface area contributed by atoms with Crippen LogP contribution in [0.5, 0.6) is 0 Å². The van der Waals surface area contributed by atoms with Crippen LogP contribution in [0, 0.1) is 11.8 Å². The Morgan fingerprint density at radius 2 is 2.20 bits per heavy atom. The topological polar surface area (TPSA) is 21.3 Å². The summed E-state index contributed by atoms with van der Waals surface area (Å²) in [7, 11) is 2.07. The number of rotatable bonds is 6. The third-order valence-electron chi connectivity index (χ3n) is 3.56. The number of hydrogen-bond acceptors (Lipinski definition) is 2. The summed E-state index contributed by atoms with van der Waals surface area (Å²) in [5, 5.41) is 3.43. The van der Waals surface area contributed by atoms with Gasteiger partial charge in [0.05, 0.1) is 6.61 Å². The molecule has 0 heterocycles. The second-order valence-electron chi connectivity index (χ2n) is 5.00. The molecular formula is C13H27NO. The Hall–Kier alpha value is -0.0800. The fourth-order valence-electron chi connectivity index (χ4n) is 2.66. The summed E-state index contributed by atoms with van der Waals surface area (Å²) in [6, 6.07) is 0.569. The quantitative estimate of drug-likeness (QED) is 0.685. The monoisotopic (exact) mass is 213 g/mol. The molecule has 3 unspecified atom stereocenters. The fourth-order valence-corrected chi connectivity index (χ4v) is 2.66. The van der Waals surface area contributed by atoms with Gasteiger partial charge in [-0.3, -0.25) is 0 Å². The molecule has 1 aliphatic carbocycles. The Morgan fingerprint density at radius 3 is 2.80 bits per heavy atom. The zero-order valence-electron chi connectivity index (χ0n) is 10.6. The first-order chi connectivity index (χ1) is 7.27. The van der Waals surface area contributed by atoms with E-state index >= 15 is 0 Å². The molecule has 2 nitrogen and oxygen atoms in total. The molecule has 0 aromatic rings. The van der Waals surface area contributed by atoms with Gasteiger partial charge in [0.1, 0.15) is 0 Å². The van der Waals surface area contributed by atoms with E-state index in [-0.39, 0.29) is 0 Å². The summed E-state index contributed by atoms with van der Waals surface area (Å²) in [5.74, 6) is 1.74. The van der Waals surface area contributed by atoms with Crippen molar-refractivity contribution >= 4 is 0 Å². The molecule has 1 saturated carbocycles. The predicted molar refractivity (Wildman–Crippen MR) is 65.1 cm³/mol. The van der Waals surface area contributed by atoms with Crippen LogP contribution in [-0.4, -0.2) is 26.3 Å². The number of nitrogens with one attached hydrogen (secondary N) is 1. The smallest absolute Gasteiger partial charge is 0.0622 e. The zero-order chi connectivity index (χ0) is 11.1. The summed E-state index contributed by atoms with van der Waals surface area (Å²) in [6.07, 6.45) is 6.70. The maximum Gasteiger partial charge on any atom is 0.0622 e. The molecule has 0 aliphatic heterocycles. The van der Waals surface area contributed by atoms with Crippen molar-refractivity contribution < 1.29 is 4.74 Å². The Morgan fingerprint density at radius 1 is 1.40 bits per heavy atom. The maximum absolute atomic E-state index is 5.66. The van der Waals surface area contributed by atoms with E-state index in [0.717, 1.165) is 31.5 Å². The maximum atomic E-state index is 5.66. The molecule has 1 aliphatic rings. The standard InChI is InChI=1S/C13H27NO/c1-4-8-15-10-13(14-3)12-7-5-6-11(2)9-12/h11-14H,4-10H2,1-3H3. The summed E-state index contributed by atoms with van der Waals surface area (Å²) in [5.41, 5.74) is 0. The normalized spacial score (nSPS) is 29.0. The fraction of sp³-hybridized carbons (Fsp3) is 1.00. The number of likely N-dealkylation sites (N-methyl/N-ethyl adjacent to an activating group) is 1. The Balaban J connectivity index is 2.29. The van der Waals surface area contributed by atoms with E-state index in [1.54, 1.807) is 0 Å². The molecular weight excluding hydrogens is 186 g/mol. The van der Waals surface area contributed by atoms with Gasteiger partial charge in [-0.05, 0) is 38.1 Å². The lowest BCUT2D eigenvalue weighted by atomic mass is 9.79.